The van der Waals surface area contributed by atoms with E-state index in [1.165, 1.54) is 0 Å². The summed E-state index contributed by atoms with van der Waals surface area (Å²) in [6.45, 7) is 10.7. The lowest BCUT2D eigenvalue weighted by Gasteiger charge is -2.28. The van der Waals surface area contributed by atoms with Crippen molar-refractivity contribution in [3.63, 3.8) is 0 Å². The Bertz CT molecular complexity index is 462. The zero-order valence-electron chi connectivity index (χ0n) is 13.7. The Morgan fingerprint density at radius 2 is 1.68 bits per heavy atom. The van der Waals surface area contributed by atoms with Gasteiger partial charge in [0.05, 0.1) is 18.2 Å². The number of ether oxygens (including phenoxy) is 2. The minimum absolute atomic E-state index is 0.628. The van der Waals surface area contributed by atoms with E-state index in [0.29, 0.717) is 18.2 Å². The van der Waals surface area contributed by atoms with Gasteiger partial charge in [0, 0.05) is 44.4 Å². The highest BCUT2D eigenvalue weighted by atomic mass is 35.5. The van der Waals surface area contributed by atoms with E-state index >= 15 is 0 Å². The maximum Gasteiger partial charge on any atom is 0.138 e. The number of hydrogen-bond donors (Lipinski definition) is 1. The van der Waals surface area contributed by atoms with Gasteiger partial charge in [-0.25, -0.2) is 0 Å². The molecule has 1 aliphatic rings. The Morgan fingerprint density at radius 3 is 2.32 bits per heavy atom. The molecule has 0 spiro atoms. The molecule has 22 heavy (non-hydrogen) atoms. The fourth-order valence-electron chi connectivity index (χ4n) is 2.48. The molecule has 0 saturated carbocycles. The summed E-state index contributed by atoms with van der Waals surface area (Å²) in [5.41, 5.74) is 1.16. The van der Waals surface area contributed by atoms with Crippen LogP contribution in [-0.4, -0.2) is 44.3 Å². The minimum atomic E-state index is 0.628. The van der Waals surface area contributed by atoms with E-state index in [-0.39, 0.29) is 0 Å². The van der Waals surface area contributed by atoms with Gasteiger partial charge in [-0.2, -0.15) is 0 Å². The van der Waals surface area contributed by atoms with Crippen molar-refractivity contribution >= 4 is 11.6 Å². The zero-order chi connectivity index (χ0) is 15.8. The van der Waals surface area contributed by atoms with Crippen molar-refractivity contribution in [3.05, 3.63) is 22.7 Å². The molecule has 1 N–H and O–H groups in total. The third-order valence-electron chi connectivity index (χ3n) is 3.64. The van der Waals surface area contributed by atoms with Crippen molar-refractivity contribution in [1.82, 2.24) is 10.2 Å². The van der Waals surface area contributed by atoms with E-state index in [1.807, 2.05) is 12.1 Å². The predicted octanol–water partition coefficient (Wildman–Crippen LogP) is 3.32. The maximum atomic E-state index is 6.33. The van der Waals surface area contributed by atoms with Crippen LogP contribution in [0.5, 0.6) is 11.5 Å². The molecule has 5 heteroatoms. The van der Waals surface area contributed by atoms with Gasteiger partial charge in [-0.05, 0) is 18.9 Å². The summed E-state index contributed by atoms with van der Waals surface area (Å²) in [6, 6.07) is 3.95. The second-order valence-electron chi connectivity index (χ2n) is 5.61. The number of hydrogen-bond acceptors (Lipinski definition) is 4. The van der Waals surface area contributed by atoms with Gasteiger partial charge in [-0.1, -0.05) is 25.4 Å². The molecule has 0 unspecified atom stereocenters. The molecule has 1 aliphatic heterocycles. The third-order valence-corrected chi connectivity index (χ3v) is 3.94. The molecule has 1 fully saturated rings. The van der Waals surface area contributed by atoms with Gasteiger partial charge < -0.3 is 14.8 Å². The number of rotatable bonds is 8. The second-order valence-corrected chi connectivity index (χ2v) is 6.02. The highest BCUT2D eigenvalue weighted by molar-refractivity contribution is 6.32. The molecule has 0 bridgehead atoms. The summed E-state index contributed by atoms with van der Waals surface area (Å²) >= 11 is 6.33. The number of benzene rings is 1. The Morgan fingerprint density at radius 1 is 1.05 bits per heavy atom. The van der Waals surface area contributed by atoms with Crippen LogP contribution in [0.25, 0.3) is 0 Å². The Balaban J connectivity index is 2.16. The van der Waals surface area contributed by atoms with Crippen molar-refractivity contribution in [2.45, 2.75) is 33.2 Å². The first-order valence-electron chi connectivity index (χ1n) is 8.25. The van der Waals surface area contributed by atoms with Gasteiger partial charge >= 0.3 is 0 Å². The third kappa shape index (κ3) is 5.04. The van der Waals surface area contributed by atoms with Crippen LogP contribution in [0.15, 0.2) is 12.1 Å². The van der Waals surface area contributed by atoms with Crippen molar-refractivity contribution in [2.75, 3.05) is 39.4 Å². The predicted molar refractivity (Wildman–Crippen MR) is 91.2 cm³/mol. The molecule has 0 atom stereocenters. The smallest absolute Gasteiger partial charge is 0.138 e. The van der Waals surface area contributed by atoms with Crippen LogP contribution in [0, 0.1) is 0 Å². The summed E-state index contributed by atoms with van der Waals surface area (Å²) in [5.74, 6) is 1.65. The minimum Gasteiger partial charge on any atom is -0.493 e. The summed E-state index contributed by atoms with van der Waals surface area (Å²) in [7, 11) is 0. The lowest BCUT2D eigenvalue weighted by atomic mass is 10.1. The van der Waals surface area contributed by atoms with E-state index in [1.54, 1.807) is 0 Å². The molecule has 4 nitrogen and oxygen atoms in total. The molecular weight excluding hydrogens is 300 g/mol. The monoisotopic (exact) mass is 326 g/mol. The molecule has 1 heterocycles. The van der Waals surface area contributed by atoms with Gasteiger partial charge in [0.2, 0.25) is 0 Å². The Hall–Kier alpha value is -0.970. The van der Waals surface area contributed by atoms with E-state index in [4.69, 9.17) is 21.1 Å². The SMILES string of the molecule is CCCOc1cc(CN2CCNCC2)c(OCCC)cc1Cl. The lowest BCUT2D eigenvalue weighted by Crippen LogP contribution is -2.42. The quantitative estimate of drug-likeness (QED) is 0.794. The highest BCUT2D eigenvalue weighted by Crippen LogP contribution is 2.34. The topological polar surface area (TPSA) is 33.7 Å². The first kappa shape index (κ1) is 17.4. The van der Waals surface area contributed by atoms with Gasteiger partial charge in [-0.3, -0.25) is 4.90 Å². The fraction of sp³-hybridized carbons (Fsp3) is 0.647. The van der Waals surface area contributed by atoms with Gasteiger partial charge in [0.1, 0.15) is 11.5 Å². The summed E-state index contributed by atoms with van der Waals surface area (Å²) in [4.78, 5) is 2.43. The van der Waals surface area contributed by atoms with Gasteiger partial charge in [0.25, 0.3) is 0 Å². The van der Waals surface area contributed by atoms with Gasteiger partial charge in [0.15, 0.2) is 0 Å². The Kier molecular flexibility index (Phi) is 7.30. The number of halogens is 1. The molecular formula is C17H27ClN2O2. The average molecular weight is 327 g/mol. The number of nitrogens with one attached hydrogen (secondary N) is 1. The summed E-state index contributed by atoms with van der Waals surface area (Å²) in [6.07, 6.45) is 1.95. The first-order chi connectivity index (χ1) is 10.7. The molecule has 1 saturated heterocycles. The van der Waals surface area contributed by atoms with E-state index < -0.39 is 0 Å². The molecule has 0 aromatic heterocycles. The lowest BCUT2D eigenvalue weighted by molar-refractivity contribution is 0.226. The van der Waals surface area contributed by atoms with Crippen LogP contribution >= 0.6 is 11.6 Å². The first-order valence-corrected chi connectivity index (χ1v) is 8.63. The van der Waals surface area contributed by atoms with Crippen molar-refractivity contribution in [3.8, 4) is 11.5 Å². The molecule has 1 aromatic carbocycles. The summed E-state index contributed by atoms with van der Waals surface area (Å²) in [5, 5.41) is 4.01. The van der Waals surface area contributed by atoms with Crippen molar-refractivity contribution in [1.29, 1.82) is 0 Å². The molecule has 2 rings (SSSR count). The van der Waals surface area contributed by atoms with E-state index in [2.05, 4.69) is 24.1 Å². The zero-order valence-corrected chi connectivity index (χ0v) is 14.4. The van der Waals surface area contributed by atoms with Crippen molar-refractivity contribution in [2.24, 2.45) is 0 Å². The van der Waals surface area contributed by atoms with Crippen LogP contribution < -0.4 is 14.8 Å². The van der Waals surface area contributed by atoms with Crippen molar-refractivity contribution < 1.29 is 9.47 Å². The molecule has 0 amide bonds. The largest absolute Gasteiger partial charge is 0.493 e. The van der Waals surface area contributed by atoms with Crippen LogP contribution in [0.1, 0.15) is 32.3 Å². The highest BCUT2D eigenvalue weighted by Gasteiger charge is 2.16. The number of piperazine rings is 1. The second kappa shape index (κ2) is 9.23. The molecule has 1 aromatic rings. The summed E-state index contributed by atoms with van der Waals surface area (Å²) < 4.78 is 11.6. The van der Waals surface area contributed by atoms with Gasteiger partial charge in [-0.15, -0.1) is 0 Å². The standard InChI is InChI=1S/C17H27ClN2O2/c1-3-9-21-16-12-15(18)17(22-10-4-2)11-14(16)13-20-7-5-19-6-8-20/h11-12,19H,3-10,13H2,1-2H3. The van der Waals surface area contributed by atoms with Crippen LogP contribution in [0.4, 0.5) is 0 Å². The van der Waals surface area contributed by atoms with Crippen LogP contribution in [0.3, 0.4) is 0 Å². The Labute approximate surface area is 138 Å². The van der Waals surface area contributed by atoms with E-state index in [9.17, 15) is 0 Å². The molecule has 0 aliphatic carbocycles. The van der Waals surface area contributed by atoms with E-state index in [0.717, 1.165) is 62.6 Å². The normalized spacial score (nSPS) is 15.8. The fourth-order valence-corrected chi connectivity index (χ4v) is 2.69. The van der Waals surface area contributed by atoms with Crippen LogP contribution in [0.2, 0.25) is 5.02 Å². The molecule has 124 valence electrons. The average Bonchev–Trinajstić information content (AvgIpc) is 2.54. The van der Waals surface area contributed by atoms with Crippen LogP contribution in [-0.2, 0) is 6.54 Å². The maximum absolute atomic E-state index is 6.33. The molecule has 0 radical (unpaired) electrons. The number of nitrogens with zero attached hydrogens (tertiary/aromatic N) is 1.